The molecule has 0 aliphatic carbocycles. The summed E-state index contributed by atoms with van der Waals surface area (Å²) in [6, 6.07) is 3.83. The van der Waals surface area contributed by atoms with E-state index < -0.39 is 35.8 Å². The Morgan fingerprint density at radius 2 is 2.00 bits per heavy atom. The highest BCUT2D eigenvalue weighted by Crippen LogP contribution is 2.32. The van der Waals surface area contributed by atoms with Crippen LogP contribution in [0.1, 0.15) is 52.1 Å². The van der Waals surface area contributed by atoms with Crippen molar-refractivity contribution in [3.8, 4) is 0 Å². The first-order valence-corrected chi connectivity index (χ1v) is 11.8. The quantitative estimate of drug-likeness (QED) is 0.488. The highest BCUT2D eigenvalue weighted by atomic mass is 16.4. The number of imide groups is 2. The highest BCUT2D eigenvalue weighted by molar-refractivity contribution is 6.25. The van der Waals surface area contributed by atoms with E-state index in [0.717, 1.165) is 17.7 Å². The molecule has 5 rings (SSSR count). The molecule has 1 aromatic heterocycles. The molecule has 188 valence electrons. The Morgan fingerprint density at radius 3 is 2.78 bits per heavy atom. The topological polar surface area (TPSA) is 167 Å². The van der Waals surface area contributed by atoms with E-state index in [9.17, 15) is 29.1 Å². The molecule has 13 heteroatoms. The predicted molar refractivity (Wildman–Crippen MR) is 123 cm³/mol. The van der Waals surface area contributed by atoms with Gasteiger partial charge < -0.3 is 15.3 Å². The van der Waals surface area contributed by atoms with Crippen molar-refractivity contribution in [3.05, 3.63) is 41.2 Å². The van der Waals surface area contributed by atoms with Crippen LogP contribution in [0, 0.1) is 5.92 Å². The van der Waals surface area contributed by atoms with Crippen LogP contribution in [0.2, 0.25) is 0 Å². The second kappa shape index (κ2) is 9.40. The molecule has 3 aliphatic rings. The van der Waals surface area contributed by atoms with Crippen molar-refractivity contribution in [1.29, 1.82) is 0 Å². The van der Waals surface area contributed by atoms with Gasteiger partial charge in [0.2, 0.25) is 11.8 Å². The van der Waals surface area contributed by atoms with Crippen molar-refractivity contribution in [3.63, 3.8) is 0 Å². The molecular formula is C23H25N7O6. The molecule has 2 atom stereocenters. The molecule has 4 heterocycles. The van der Waals surface area contributed by atoms with Crippen LogP contribution >= 0.6 is 0 Å². The summed E-state index contributed by atoms with van der Waals surface area (Å²) >= 11 is 0. The summed E-state index contributed by atoms with van der Waals surface area (Å²) in [5, 5.41) is 22.8. The zero-order chi connectivity index (χ0) is 25.4. The maximum atomic E-state index is 13.2. The second-order valence-corrected chi connectivity index (χ2v) is 9.20. The fraction of sp³-hybridized carbons (Fsp3) is 0.435. The molecule has 3 aliphatic heterocycles. The molecule has 5 amide bonds. The van der Waals surface area contributed by atoms with Gasteiger partial charge in [-0.2, -0.15) is 0 Å². The van der Waals surface area contributed by atoms with Crippen molar-refractivity contribution in [2.75, 3.05) is 18.4 Å². The lowest BCUT2D eigenvalue weighted by molar-refractivity contribution is -0.136. The molecule has 0 saturated carbocycles. The number of fused-ring (bicyclic) bond motifs is 1. The summed E-state index contributed by atoms with van der Waals surface area (Å²) in [7, 11) is 0. The molecule has 0 radical (unpaired) electrons. The summed E-state index contributed by atoms with van der Waals surface area (Å²) < 4.78 is 1.68. The lowest BCUT2D eigenvalue weighted by Crippen LogP contribution is -2.54. The molecule has 2 unspecified atom stereocenters. The van der Waals surface area contributed by atoms with Gasteiger partial charge in [-0.25, -0.2) is 4.79 Å². The first-order valence-electron chi connectivity index (χ1n) is 11.8. The lowest BCUT2D eigenvalue weighted by atomic mass is 9.98. The summed E-state index contributed by atoms with van der Waals surface area (Å²) in [5.41, 5.74) is 1.41. The van der Waals surface area contributed by atoms with Gasteiger partial charge in [-0.15, -0.1) is 5.10 Å². The number of anilines is 1. The fourth-order valence-electron chi connectivity index (χ4n) is 5.01. The standard InChI is InChI=1S/C23H25N7O6/c31-18-7-6-17(20(32)25-18)30-21(33)15-4-1-5-16(19(15)22(30)34)24-9-14-12-29(27-26-14)11-13-3-2-8-28(10-13)23(35)36/h1,4-5,12-13,17,24H,2-3,6-11H2,(H,35,36)(H,25,31,32). The van der Waals surface area contributed by atoms with Crippen molar-refractivity contribution in [1.82, 2.24) is 30.1 Å². The molecule has 3 N–H and O–H groups in total. The van der Waals surface area contributed by atoms with E-state index >= 15 is 0 Å². The smallest absolute Gasteiger partial charge is 0.407 e. The Kier molecular flexibility index (Phi) is 6.12. The van der Waals surface area contributed by atoms with Gasteiger partial charge in [0.05, 0.1) is 23.9 Å². The molecule has 2 saturated heterocycles. The molecular weight excluding hydrogens is 470 g/mol. The van der Waals surface area contributed by atoms with Gasteiger partial charge in [-0.3, -0.25) is 34.1 Å². The zero-order valence-electron chi connectivity index (χ0n) is 19.3. The summed E-state index contributed by atoms with van der Waals surface area (Å²) in [6.45, 7) is 1.79. The number of hydrogen-bond donors (Lipinski definition) is 3. The van der Waals surface area contributed by atoms with Crippen LogP contribution in [0.3, 0.4) is 0 Å². The van der Waals surface area contributed by atoms with Crippen molar-refractivity contribution in [2.24, 2.45) is 5.92 Å². The first kappa shape index (κ1) is 23.5. The number of rotatable bonds is 6. The number of hydrogen-bond acceptors (Lipinski definition) is 8. The maximum absolute atomic E-state index is 13.2. The zero-order valence-corrected chi connectivity index (χ0v) is 19.3. The normalized spacial score (nSPS) is 22.0. The van der Waals surface area contributed by atoms with E-state index in [4.69, 9.17) is 0 Å². The number of likely N-dealkylation sites (tertiary alicyclic amines) is 1. The number of carbonyl (C=O) groups is 5. The van der Waals surface area contributed by atoms with Gasteiger partial charge in [0.15, 0.2) is 0 Å². The van der Waals surface area contributed by atoms with E-state index in [2.05, 4.69) is 20.9 Å². The van der Waals surface area contributed by atoms with E-state index in [1.807, 2.05) is 0 Å². The number of benzene rings is 1. The number of piperidine rings is 2. The van der Waals surface area contributed by atoms with Gasteiger partial charge in [-0.05, 0) is 37.3 Å². The van der Waals surface area contributed by atoms with Gasteiger partial charge in [0, 0.05) is 31.7 Å². The Hall–Kier alpha value is -4.29. The van der Waals surface area contributed by atoms with Crippen molar-refractivity contribution < 1.29 is 29.1 Å². The average Bonchev–Trinajstić information content (AvgIpc) is 3.40. The van der Waals surface area contributed by atoms with E-state index in [1.54, 1.807) is 23.0 Å². The van der Waals surface area contributed by atoms with E-state index in [0.29, 0.717) is 31.0 Å². The Bertz CT molecular complexity index is 1260. The van der Waals surface area contributed by atoms with Crippen LogP contribution < -0.4 is 10.6 Å². The predicted octanol–water partition coefficient (Wildman–Crippen LogP) is 0.681. The molecule has 36 heavy (non-hydrogen) atoms. The third-order valence-electron chi connectivity index (χ3n) is 6.75. The monoisotopic (exact) mass is 495 g/mol. The molecule has 0 bridgehead atoms. The molecule has 2 aromatic rings. The minimum absolute atomic E-state index is 0.0553. The molecule has 13 nitrogen and oxygen atoms in total. The van der Waals surface area contributed by atoms with Crippen LogP contribution in [0.5, 0.6) is 0 Å². The Labute approximate surface area is 205 Å². The molecule has 1 aromatic carbocycles. The SMILES string of the molecule is O=C1CCC(N2C(=O)c3cccc(NCc4cn(CC5CCCN(C(=O)O)C5)nn4)c3C2=O)C(=O)N1. The number of carboxylic acid groups (broad SMARTS) is 1. The second-order valence-electron chi connectivity index (χ2n) is 9.20. The van der Waals surface area contributed by atoms with Gasteiger partial charge >= 0.3 is 6.09 Å². The highest BCUT2D eigenvalue weighted by Gasteiger charge is 2.45. The largest absolute Gasteiger partial charge is 0.465 e. The number of aromatic nitrogens is 3. The Balaban J connectivity index is 1.25. The molecule has 2 fully saturated rings. The number of amides is 5. The van der Waals surface area contributed by atoms with Crippen molar-refractivity contribution >= 4 is 35.4 Å². The summed E-state index contributed by atoms with van der Waals surface area (Å²) in [5.74, 6) is -2.09. The number of carbonyl (C=O) groups excluding carboxylic acids is 4. The third-order valence-corrected chi connectivity index (χ3v) is 6.75. The lowest BCUT2D eigenvalue weighted by Gasteiger charge is -2.30. The minimum Gasteiger partial charge on any atom is -0.465 e. The summed E-state index contributed by atoms with van der Waals surface area (Å²) in [6.07, 6.45) is 2.71. The van der Waals surface area contributed by atoms with Gasteiger partial charge in [-0.1, -0.05) is 11.3 Å². The van der Waals surface area contributed by atoms with Crippen LogP contribution in [-0.2, 0) is 22.7 Å². The number of nitrogens with zero attached hydrogens (tertiary/aromatic N) is 5. The maximum Gasteiger partial charge on any atom is 0.407 e. The average molecular weight is 495 g/mol. The third kappa shape index (κ3) is 4.39. The Morgan fingerprint density at radius 1 is 1.17 bits per heavy atom. The minimum atomic E-state index is -1.03. The van der Waals surface area contributed by atoms with Crippen LogP contribution in [-0.4, -0.2) is 78.8 Å². The van der Waals surface area contributed by atoms with Crippen LogP contribution in [0.15, 0.2) is 24.4 Å². The van der Waals surface area contributed by atoms with Crippen molar-refractivity contribution in [2.45, 2.75) is 44.8 Å². The first-order chi connectivity index (χ1) is 17.3. The van der Waals surface area contributed by atoms with E-state index in [-0.39, 0.29) is 36.4 Å². The van der Waals surface area contributed by atoms with Crippen LogP contribution in [0.25, 0.3) is 0 Å². The van der Waals surface area contributed by atoms with E-state index in [1.165, 1.54) is 11.0 Å². The van der Waals surface area contributed by atoms with Gasteiger partial charge in [0.1, 0.15) is 11.7 Å². The van der Waals surface area contributed by atoms with Gasteiger partial charge in [0.25, 0.3) is 11.8 Å². The molecule has 0 spiro atoms. The number of nitrogens with one attached hydrogen (secondary N) is 2. The fourth-order valence-corrected chi connectivity index (χ4v) is 5.01. The van der Waals surface area contributed by atoms with Crippen LogP contribution in [0.4, 0.5) is 10.5 Å². The summed E-state index contributed by atoms with van der Waals surface area (Å²) in [4.78, 5) is 63.5.